The zero-order valence-electron chi connectivity index (χ0n) is 10.6. The van der Waals surface area contributed by atoms with Crippen LogP contribution in [0.5, 0.6) is 0 Å². The molecule has 0 spiro atoms. The van der Waals surface area contributed by atoms with Crippen LogP contribution in [0, 0.1) is 5.92 Å². The Hall–Kier alpha value is -0.260. The Morgan fingerprint density at radius 2 is 1.64 bits per heavy atom. The van der Waals surface area contributed by atoms with Gasteiger partial charge in [-0.3, -0.25) is 0 Å². The minimum Gasteiger partial charge on any atom is -0.0856 e. The van der Waals surface area contributed by atoms with E-state index < -0.39 is 0 Å². The van der Waals surface area contributed by atoms with Gasteiger partial charge < -0.3 is 0 Å². The lowest BCUT2D eigenvalue weighted by Gasteiger charge is -2.18. The number of rotatable bonds is 0. The van der Waals surface area contributed by atoms with Crippen LogP contribution in [-0.2, 0) is 0 Å². The van der Waals surface area contributed by atoms with Crippen molar-refractivity contribution in [3.63, 3.8) is 0 Å². The molecule has 0 aromatic carbocycles. The molecule has 0 saturated heterocycles. The average molecular weight is 196 g/mol. The predicted octanol–water partition coefficient (Wildman–Crippen LogP) is 5.34. The van der Waals surface area contributed by atoms with Crippen molar-refractivity contribution >= 4 is 0 Å². The molecule has 0 unspecified atom stereocenters. The molecule has 0 aliphatic heterocycles. The van der Waals surface area contributed by atoms with Crippen LogP contribution in [0.3, 0.4) is 0 Å². The molecule has 2 rings (SSSR count). The standard InChI is InChI=1S/C7H12.C5H10.C2H6/c1-7-5-3-2-4-6-7;1-5-3-2-4-5;1-2/h5H,2-4,6H2,1H3;5H,2-4H2,1H3;1-2H3. The van der Waals surface area contributed by atoms with E-state index in [2.05, 4.69) is 19.9 Å². The van der Waals surface area contributed by atoms with E-state index in [0.29, 0.717) is 0 Å². The van der Waals surface area contributed by atoms with Gasteiger partial charge in [0.2, 0.25) is 0 Å². The first-order chi connectivity index (χ1) is 6.79. The Labute approximate surface area is 90.8 Å². The summed E-state index contributed by atoms with van der Waals surface area (Å²) in [5.74, 6) is 1.06. The Morgan fingerprint density at radius 3 is 1.79 bits per heavy atom. The van der Waals surface area contributed by atoms with E-state index in [4.69, 9.17) is 0 Å². The van der Waals surface area contributed by atoms with Crippen molar-refractivity contribution in [3.8, 4) is 0 Å². The zero-order chi connectivity index (χ0) is 10.8. The second kappa shape index (κ2) is 9.30. The van der Waals surface area contributed by atoms with Gasteiger partial charge in [0.25, 0.3) is 0 Å². The van der Waals surface area contributed by atoms with Gasteiger partial charge in [0.1, 0.15) is 0 Å². The summed E-state index contributed by atoms with van der Waals surface area (Å²) in [6.45, 7) is 8.53. The summed E-state index contributed by atoms with van der Waals surface area (Å²) < 4.78 is 0. The Morgan fingerprint density at radius 1 is 1.07 bits per heavy atom. The second-order valence-electron chi connectivity index (χ2n) is 4.33. The third-order valence-corrected chi connectivity index (χ3v) is 2.91. The molecule has 1 fully saturated rings. The molecule has 0 aromatic heterocycles. The van der Waals surface area contributed by atoms with Gasteiger partial charge in [-0.2, -0.15) is 0 Å². The first-order valence-electron chi connectivity index (χ1n) is 6.44. The van der Waals surface area contributed by atoms with Crippen LogP contribution in [0.25, 0.3) is 0 Å². The topological polar surface area (TPSA) is 0 Å². The van der Waals surface area contributed by atoms with E-state index in [1.165, 1.54) is 44.9 Å². The fourth-order valence-corrected chi connectivity index (χ4v) is 1.61. The monoisotopic (exact) mass is 196 g/mol. The van der Waals surface area contributed by atoms with Gasteiger partial charge in [-0.25, -0.2) is 0 Å². The highest BCUT2D eigenvalue weighted by Gasteiger charge is 2.09. The summed E-state index contributed by atoms with van der Waals surface area (Å²) in [7, 11) is 0. The molecule has 0 heterocycles. The SMILES string of the molecule is CC.CC1=CCCCC1.CC1CCC1. The van der Waals surface area contributed by atoms with Gasteiger partial charge in [-0.05, 0) is 38.5 Å². The van der Waals surface area contributed by atoms with Crippen molar-refractivity contribution in [2.75, 3.05) is 0 Å². The molecule has 0 aromatic rings. The zero-order valence-corrected chi connectivity index (χ0v) is 10.6. The van der Waals surface area contributed by atoms with Crippen molar-refractivity contribution in [2.24, 2.45) is 5.92 Å². The van der Waals surface area contributed by atoms with Gasteiger partial charge >= 0.3 is 0 Å². The van der Waals surface area contributed by atoms with Crippen molar-refractivity contribution in [3.05, 3.63) is 11.6 Å². The van der Waals surface area contributed by atoms with Crippen LogP contribution in [0.2, 0.25) is 0 Å². The molecule has 84 valence electrons. The van der Waals surface area contributed by atoms with Crippen molar-refractivity contribution in [1.82, 2.24) is 0 Å². The molecule has 1 saturated carbocycles. The maximum Gasteiger partial charge on any atom is -0.0323 e. The molecule has 0 bridgehead atoms. The quantitative estimate of drug-likeness (QED) is 0.459. The van der Waals surface area contributed by atoms with Crippen molar-refractivity contribution in [1.29, 1.82) is 0 Å². The highest BCUT2D eigenvalue weighted by atomic mass is 14.1. The van der Waals surface area contributed by atoms with Gasteiger partial charge in [-0.1, -0.05) is 51.7 Å². The summed E-state index contributed by atoms with van der Waals surface area (Å²) in [5, 5.41) is 0. The molecule has 2 aliphatic carbocycles. The third-order valence-electron chi connectivity index (χ3n) is 2.91. The summed E-state index contributed by atoms with van der Waals surface area (Å²) in [6.07, 6.45) is 12.3. The number of allylic oxidation sites excluding steroid dienone is 2. The minimum atomic E-state index is 1.06. The van der Waals surface area contributed by atoms with E-state index in [-0.39, 0.29) is 0 Å². The van der Waals surface area contributed by atoms with E-state index in [1.807, 2.05) is 13.8 Å². The molecule has 14 heavy (non-hydrogen) atoms. The maximum absolute atomic E-state index is 2.35. The fraction of sp³-hybridized carbons (Fsp3) is 0.857. The van der Waals surface area contributed by atoms with Crippen LogP contribution >= 0.6 is 0 Å². The summed E-state index contributed by atoms with van der Waals surface area (Å²) in [4.78, 5) is 0. The Balaban J connectivity index is 0.000000213. The van der Waals surface area contributed by atoms with Crippen LogP contribution < -0.4 is 0 Å². The molecule has 2 aliphatic rings. The summed E-state index contributed by atoms with van der Waals surface area (Å²) >= 11 is 0. The lowest BCUT2D eigenvalue weighted by atomic mass is 9.88. The maximum atomic E-state index is 2.35. The molecule has 0 N–H and O–H groups in total. The first kappa shape index (κ1) is 13.7. The smallest absolute Gasteiger partial charge is 0.0323 e. The van der Waals surface area contributed by atoms with Gasteiger partial charge in [0, 0.05) is 0 Å². The number of hydrogen-bond acceptors (Lipinski definition) is 0. The molecule has 0 radical (unpaired) electrons. The van der Waals surface area contributed by atoms with Crippen molar-refractivity contribution in [2.45, 2.75) is 72.6 Å². The first-order valence-corrected chi connectivity index (χ1v) is 6.44. The Kier molecular flexibility index (Phi) is 9.13. The van der Waals surface area contributed by atoms with Crippen LogP contribution in [-0.4, -0.2) is 0 Å². The second-order valence-corrected chi connectivity index (χ2v) is 4.33. The van der Waals surface area contributed by atoms with Crippen LogP contribution in [0.1, 0.15) is 72.6 Å². The third kappa shape index (κ3) is 7.17. The van der Waals surface area contributed by atoms with E-state index in [9.17, 15) is 0 Å². The largest absolute Gasteiger partial charge is 0.0856 e. The number of hydrogen-bond donors (Lipinski definition) is 0. The van der Waals surface area contributed by atoms with E-state index in [0.717, 1.165) is 5.92 Å². The molecular formula is C14H28. The summed E-state index contributed by atoms with van der Waals surface area (Å²) in [6, 6.07) is 0. The Bertz CT molecular complexity index is 140. The lowest BCUT2D eigenvalue weighted by molar-refractivity contribution is 0.346. The highest BCUT2D eigenvalue weighted by Crippen LogP contribution is 2.24. The lowest BCUT2D eigenvalue weighted by Crippen LogP contribution is -2.04. The van der Waals surface area contributed by atoms with Gasteiger partial charge in [-0.15, -0.1) is 0 Å². The van der Waals surface area contributed by atoms with Gasteiger partial charge in [0.15, 0.2) is 0 Å². The normalized spacial score (nSPS) is 20.4. The fourth-order valence-electron chi connectivity index (χ4n) is 1.61. The molecule has 0 nitrogen and oxygen atoms in total. The molecule has 0 atom stereocenters. The average Bonchev–Trinajstić information content (AvgIpc) is 2.20. The van der Waals surface area contributed by atoms with Crippen LogP contribution in [0.15, 0.2) is 11.6 Å². The van der Waals surface area contributed by atoms with Crippen LogP contribution in [0.4, 0.5) is 0 Å². The molecular weight excluding hydrogens is 168 g/mol. The molecule has 0 heteroatoms. The highest BCUT2D eigenvalue weighted by molar-refractivity contribution is 5.00. The molecule has 0 amide bonds. The van der Waals surface area contributed by atoms with Gasteiger partial charge in [0.05, 0.1) is 0 Å². The minimum absolute atomic E-state index is 1.06. The van der Waals surface area contributed by atoms with E-state index >= 15 is 0 Å². The predicted molar refractivity (Wildman–Crippen MR) is 66.6 cm³/mol. The van der Waals surface area contributed by atoms with Crippen molar-refractivity contribution < 1.29 is 0 Å². The van der Waals surface area contributed by atoms with E-state index in [1.54, 1.807) is 5.57 Å². The summed E-state index contributed by atoms with van der Waals surface area (Å²) in [5.41, 5.74) is 1.59.